The van der Waals surface area contributed by atoms with Crippen molar-refractivity contribution < 1.29 is 24.5 Å². The number of carbonyl (C=O) groups excluding carboxylic acids is 2. The summed E-state index contributed by atoms with van der Waals surface area (Å²) in [6, 6.07) is 0. The van der Waals surface area contributed by atoms with Crippen LogP contribution in [0.25, 0.3) is 0 Å². The molecule has 0 aromatic heterocycles. The van der Waals surface area contributed by atoms with Gasteiger partial charge >= 0.3 is 5.97 Å². The molecule has 0 aromatic rings. The van der Waals surface area contributed by atoms with E-state index in [1.165, 1.54) is 0 Å². The zero-order valence-electron chi connectivity index (χ0n) is 7.36. The van der Waals surface area contributed by atoms with Crippen molar-refractivity contribution in [1.29, 1.82) is 0 Å². The molecule has 0 bridgehead atoms. The molecule has 0 unspecified atom stereocenters. The van der Waals surface area contributed by atoms with E-state index in [0.29, 0.717) is 0 Å². The molecular weight excluding hydrogens is 176 g/mol. The minimum atomic E-state index is -0.500. The van der Waals surface area contributed by atoms with Crippen LogP contribution in [0.15, 0.2) is 0 Å². The summed E-state index contributed by atoms with van der Waals surface area (Å²) < 4.78 is 4.52. The van der Waals surface area contributed by atoms with Gasteiger partial charge in [-0.2, -0.15) is 0 Å². The number of hydrogen-bond donors (Lipinski definition) is 2. The minimum Gasteiger partial charge on any atom is -0.463 e. The maximum absolute atomic E-state index is 10.8. The maximum Gasteiger partial charge on any atom is 0.306 e. The Balaban J connectivity index is 3.40. The number of ketones is 1. The predicted molar refractivity (Wildman–Crippen MR) is 44.0 cm³/mol. The van der Waals surface area contributed by atoms with Crippen LogP contribution < -0.4 is 0 Å². The molecule has 0 aromatic carbocycles. The smallest absolute Gasteiger partial charge is 0.306 e. The van der Waals surface area contributed by atoms with Gasteiger partial charge < -0.3 is 14.9 Å². The van der Waals surface area contributed by atoms with Crippen LogP contribution in [0, 0.1) is 0 Å². The fourth-order valence-corrected chi connectivity index (χ4v) is 0.723. The lowest BCUT2D eigenvalue weighted by molar-refractivity contribution is -0.145. The van der Waals surface area contributed by atoms with Crippen LogP contribution in [0.3, 0.4) is 0 Å². The number of carbonyl (C=O) groups is 2. The van der Waals surface area contributed by atoms with Gasteiger partial charge in [0.1, 0.15) is 12.4 Å². The van der Waals surface area contributed by atoms with Gasteiger partial charge in [0.05, 0.1) is 13.0 Å². The van der Waals surface area contributed by atoms with Gasteiger partial charge in [-0.3, -0.25) is 9.59 Å². The highest BCUT2D eigenvalue weighted by Crippen LogP contribution is 1.96. The van der Waals surface area contributed by atoms with E-state index in [9.17, 15) is 9.59 Å². The van der Waals surface area contributed by atoms with Crippen molar-refractivity contribution in [2.24, 2.45) is 0 Å². The summed E-state index contributed by atoms with van der Waals surface area (Å²) >= 11 is 0. The zero-order chi connectivity index (χ0) is 10.1. The van der Waals surface area contributed by atoms with Crippen LogP contribution in [0.1, 0.15) is 19.3 Å². The molecule has 0 fully saturated rings. The van der Waals surface area contributed by atoms with E-state index in [4.69, 9.17) is 10.2 Å². The summed E-state index contributed by atoms with van der Waals surface area (Å²) in [4.78, 5) is 21.6. The van der Waals surface area contributed by atoms with E-state index in [-0.39, 0.29) is 44.9 Å². The third-order valence-corrected chi connectivity index (χ3v) is 1.35. The Hall–Kier alpha value is -0.940. The molecule has 13 heavy (non-hydrogen) atoms. The van der Waals surface area contributed by atoms with E-state index < -0.39 is 5.97 Å². The second-order valence-corrected chi connectivity index (χ2v) is 2.46. The first kappa shape index (κ1) is 12.1. The highest BCUT2D eigenvalue weighted by atomic mass is 16.5. The van der Waals surface area contributed by atoms with Gasteiger partial charge in [0.2, 0.25) is 0 Å². The Morgan fingerprint density at radius 3 is 2.23 bits per heavy atom. The van der Waals surface area contributed by atoms with Crippen LogP contribution in [-0.2, 0) is 14.3 Å². The monoisotopic (exact) mass is 190 g/mol. The number of aliphatic hydroxyl groups is 2. The van der Waals surface area contributed by atoms with Crippen molar-refractivity contribution in [3.05, 3.63) is 0 Å². The van der Waals surface area contributed by atoms with Crippen molar-refractivity contribution >= 4 is 11.8 Å². The fourth-order valence-electron chi connectivity index (χ4n) is 0.723. The lowest BCUT2D eigenvalue weighted by atomic mass is 10.2. The molecule has 0 saturated carbocycles. The molecular formula is C8H14O5. The summed E-state index contributed by atoms with van der Waals surface area (Å²) in [6.07, 6.45) is 0.178. The van der Waals surface area contributed by atoms with Crippen LogP contribution >= 0.6 is 0 Å². The van der Waals surface area contributed by atoms with Crippen molar-refractivity contribution in [3.8, 4) is 0 Å². The minimum absolute atomic E-state index is 0.0127. The molecule has 0 spiro atoms. The van der Waals surface area contributed by atoms with Crippen molar-refractivity contribution in [2.75, 3.05) is 19.8 Å². The first-order valence-corrected chi connectivity index (χ1v) is 4.09. The van der Waals surface area contributed by atoms with Gasteiger partial charge in [0.15, 0.2) is 0 Å². The van der Waals surface area contributed by atoms with Gasteiger partial charge in [0.25, 0.3) is 0 Å². The van der Waals surface area contributed by atoms with Gasteiger partial charge in [-0.1, -0.05) is 0 Å². The average molecular weight is 190 g/mol. The molecule has 5 heteroatoms. The summed E-state index contributed by atoms with van der Waals surface area (Å²) in [6.45, 7) is -0.437. The molecule has 2 N–H and O–H groups in total. The van der Waals surface area contributed by atoms with E-state index in [2.05, 4.69) is 4.74 Å². The quantitative estimate of drug-likeness (QED) is 0.516. The van der Waals surface area contributed by atoms with Gasteiger partial charge in [0, 0.05) is 19.4 Å². The van der Waals surface area contributed by atoms with Gasteiger partial charge in [-0.15, -0.1) is 0 Å². The summed E-state index contributed by atoms with van der Waals surface area (Å²) in [5.74, 6) is -0.663. The third kappa shape index (κ3) is 7.42. The molecule has 0 atom stereocenters. The average Bonchev–Trinajstić information content (AvgIpc) is 2.12. The summed E-state index contributed by atoms with van der Waals surface area (Å²) in [5, 5.41) is 16.7. The van der Waals surface area contributed by atoms with E-state index in [1.807, 2.05) is 0 Å². The molecule has 0 aliphatic heterocycles. The third-order valence-electron chi connectivity index (χ3n) is 1.35. The molecule has 5 nitrogen and oxygen atoms in total. The SMILES string of the molecule is O=C(CCO)CCC(=O)OCCO. The van der Waals surface area contributed by atoms with Crippen LogP contribution in [0.2, 0.25) is 0 Å². The number of ether oxygens (including phenoxy) is 1. The first-order valence-electron chi connectivity index (χ1n) is 4.09. The lowest BCUT2D eigenvalue weighted by Crippen LogP contribution is -2.11. The van der Waals surface area contributed by atoms with E-state index in [1.54, 1.807) is 0 Å². The van der Waals surface area contributed by atoms with Crippen LogP contribution in [0.5, 0.6) is 0 Å². The highest BCUT2D eigenvalue weighted by Gasteiger charge is 2.06. The Bertz CT molecular complexity index is 166. The molecule has 0 heterocycles. The molecule has 0 amide bonds. The highest BCUT2D eigenvalue weighted by molar-refractivity contribution is 5.82. The summed E-state index contributed by atoms with van der Waals surface area (Å²) in [5.41, 5.74) is 0. The topological polar surface area (TPSA) is 83.8 Å². The summed E-state index contributed by atoms with van der Waals surface area (Å²) in [7, 11) is 0. The number of aliphatic hydroxyl groups excluding tert-OH is 2. The van der Waals surface area contributed by atoms with Crippen molar-refractivity contribution in [2.45, 2.75) is 19.3 Å². The Labute approximate surface area is 76.3 Å². The van der Waals surface area contributed by atoms with Gasteiger partial charge in [-0.05, 0) is 0 Å². The predicted octanol–water partition coefficient (Wildman–Crippen LogP) is -0.746. The van der Waals surface area contributed by atoms with Crippen molar-refractivity contribution in [3.63, 3.8) is 0 Å². The molecule has 0 aliphatic rings. The fraction of sp³-hybridized carbons (Fsp3) is 0.750. The molecule has 0 aliphatic carbocycles. The molecule has 76 valence electrons. The lowest BCUT2D eigenvalue weighted by Gasteiger charge is -2.01. The van der Waals surface area contributed by atoms with E-state index >= 15 is 0 Å². The normalized spacial score (nSPS) is 9.69. The van der Waals surface area contributed by atoms with E-state index in [0.717, 1.165) is 0 Å². The Morgan fingerprint density at radius 1 is 1.00 bits per heavy atom. The molecule has 0 rings (SSSR count). The zero-order valence-corrected chi connectivity index (χ0v) is 7.36. The standard InChI is InChI=1S/C8H14O5/c9-4-3-7(11)1-2-8(12)13-6-5-10/h9-10H,1-6H2. The molecule has 0 saturated heterocycles. The maximum atomic E-state index is 10.8. The Morgan fingerprint density at radius 2 is 1.69 bits per heavy atom. The van der Waals surface area contributed by atoms with Crippen molar-refractivity contribution in [1.82, 2.24) is 0 Å². The largest absolute Gasteiger partial charge is 0.463 e. The van der Waals surface area contributed by atoms with Crippen LogP contribution in [-0.4, -0.2) is 41.8 Å². The van der Waals surface area contributed by atoms with Gasteiger partial charge in [-0.25, -0.2) is 0 Å². The second kappa shape index (κ2) is 7.70. The number of Topliss-reactive ketones (excluding diaryl/α,β-unsaturated/α-hetero) is 1. The number of rotatable bonds is 7. The second-order valence-electron chi connectivity index (χ2n) is 2.46. The number of hydrogen-bond acceptors (Lipinski definition) is 5. The first-order chi connectivity index (χ1) is 6.20. The molecule has 0 radical (unpaired) electrons. The Kier molecular flexibility index (Phi) is 7.14. The number of esters is 1. The van der Waals surface area contributed by atoms with Crippen LogP contribution in [0.4, 0.5) is 0 Å².